The third-order valence-corrected chi connectivity index (χ3v) is 0. The van der Waals surface area contributed by atoms with Crippen LogP contribution in [0.15, 0.2) is 0 Å². The van der Waals surface area contributed by atoms with Gasteiger partial charge < -0.3 is 21.9 Å². The summed E-state index contributed by atoms with van der Waals surface area (Å²) in [5.41, 5.74) is 0. The van der Waals surface area contributed by atoms with Gasteiger partial charge in [0.15, 0.2) is 0 Å². The van der Waals surface area contributed by atoms with Crippen LogP contribution in [0.5, 0.6) is 0 Å². The Labute approximate surface area is 58.2 Å². The summed E-state index contributed by atoms with van der Waals surface area (Å²) in [6, 6.07) is 0. The summed E-state index contributed by atoms with van der Waals surface area (Å²) in [5, 5.41) is 0. The maximum absolute atomic E-state index is 0. The van der Waals surface area contributed by atoms with Crippen LogP contribution in [0.3, 0.4) is 0 Å². The summed E-state index contributed by atoms with van der Waals surface area (Å²) in [6.45, 7) is 0. The summed E-state index contributed by atoms with van der Waals surface area (Å²) >= 11 is 0. The van der Waals surface area contributed by atoms with Gasteiger partial charge in [-0.1, -0.05) is 0 Å². The van der Waals surface area contributed by atoms with Crippen LogP contribution < -0.4 is 18.9 Å². The monoisotopic (exact) mass is 131 g/mol. The quantitative estimate of drug-likeness (QED) is 0.308. The second kappa shape index (κ2) is 160. The van der Waals surface area contributed by atoms with Crippen molar-refractivity contribution in [2.45, 2.75) is 0 Å². The average molecular weight is 131 g/mol. The third kappa shape index (κ3) is 84.8. The molecule has 0 rings (SSSR count). The molecule has 0 aromatic carbocycles. The smallest absolute Gasteiger partial charge is 0.870 e. The summed E-state index contributed by atoms with van der Waals surface area (Å²) in [6.07, 6.45) is 0. The maximum atomic E-state index is 0. The van der Waals surface area contributed by atoms with Gasteiger partial charge in [0.2, 0.25) is 0 Å². The van der Waals surface area contributed by atoms with Gasteiger partial charge in [-0.3, -0.25) is 0 Å². The van der Waals surface area contributed by atoms with Gasteiger partial charge in [0.05, 0.1) is 0 Å². The van der Waals surface area contributed by atoms with E-state index in [1.165, 1.54) is 0 Å². The summed E-state index contributed by atoms with van der Waals surface area (Å²) in [4.78, 5) is 0. The molecule has 37 valence electrons. The Kier molecular flexibility index (Phi) is 7180. The van der Waals surface area contributed by atoms with Crippen molar-refractivity contribution >= 4 is 0 Å². The minimum absolute atomic E-state index is 0. The van der Waals surface area contributed by atoms with Gasteiger partial charge in [-0.2, -0.15) is 0 Å². The molecule has 0 atom stereocenters. The van der Waals surface area contributed by atoms with E-state index in [9.17, 15) is 0 Å². The van der Waals surface area contributed by atoms with E-state index in [4.69, 9.17) is 0 Å². The van der Waals surface area contributed by atoms with Gasteiger partial charge in [0.1, 0.15) is 0 Å². The number of hydrogen-bond donors (Lipinski definition) is 0. The SMILES string of the molecule is O.[Li+].[Mn+2].[OH-].[OH-].[OH-]. The molecule has 6 heteroatoms. The standard InChI is InChI=1S/Li.Mn.4H2O/h;;4*1H2/q+1;+2;;;;/p-3. The van der Waals surface area contributed by atoms with Crippen LogP contribution in [0.1, 0.15) is 0 Å². The first-order valence-electron chi connectivity index (χ1n) is 0. The van der Waals surface area contributed by atoms with E-state index in [2.05, 4.69) is 0 Å². The van der Waals surface area contributed by atoms with Gasteiger partial charge in [-0.15, -0.1) is 0 Å². The zero-order valence-electron chi connectivity index (χ0n) is 3.22. The average Bonchev–Trinajstić information content (AvgIpc) is 0. The molecule has 0 aromatic heterocycles. The molecule has 0 saturated heterocycles. The Bertz CT molecular complexity index is 7.51. The van der Waals surface area contributed by atoms with Crippen molar-refractivity contribution in [3.05, 3.63) is 0 Å². The van der Waals surface area contributed by atoms with Gasteiger partial charge in [-0.25, -0.2) is 0 Å². The van der Waals surface area contributed by atoms with E-state index < -0.39 is 0 Å². The van der Waals surface area contributed by atoms with Gasteiger partial charge in [-0.05, 0) is 0 Å². The first-order valence-corrected chi connectivity index (χ1v) is 0. The van der Waals surface area contributed by atoms with Crippen LogP contribution in [-0.2, 0) is 17.1 Å². The van der Waals surface area contributed by atoms with Crippen molar-refractivity contribution in [3.63, 3.8) is 0 Å². The van der Waals surface area contributed by atoms with Crippen molar-refractivity contribution in [1.82, 2.24) is 0 Å². The first-order chi connectivity index (χ1) is 0. The minimum atomic E-state index is 0. The molecule has 0 heterocycles. The Morgan fingerprint density at radius 1 is 0.667 bits per heavy atom. The van der Waals surface area contributed by atoms with E-state index in [1.54, 1.807) is 0 Å². The molecule has 0 spiro atoms. The van der Waals surface area contributed by atoms with Crippen LogP contribution in [0.25, 0.3) is 0 Å². The molecule has 0 amide bonds. The molecule has 1 radical (unpaired) electrons. The van der Waals surface area contributed by atoms with Crippen molar-refractivity contribution in [3.8, 4) is 0 Å². The molecule has 0 fully saturated rings. The largest absolute Gasteiger partial charge is 2.00 e. The fourth-order valence-electron chi connectivity index (χ4n) is 0. The molecule has 5 N–H and O–H groups in total. The molecule has 0 saturated carbocycles. The molecule has 0 unspecified atom stereocenters. The Morgan fingerprint density at radius 3 is 0.667 bits per heavy atom. The van der Waals surface area contributed by atoms with Crippen molar-refractivity contribution in [2.24, 2.45) is 0 Å². The molecule has 0 aliphatic carbocycles. The Morgan fingerprint density at radius 2 is 0.667 bits per heavy atom. The van der Waals surface area contributed by atoms with Crippen molar-refractivity contribution in [2.75, 3.05) is 0 Å². The van der Waals surface area contributed by atoms with Gasteiger partial charge in [0, 0.05) is 0 Å². The molecule has 0 aliphatic heterocycles. The number of rotatable bonds is 0. The van der Waals surface area contributed by atoms with Gasteiger partial charge >= 0.3 is 35.9 Å². The van der Waals surface area contributed by atoms with Gasteiger partial charge in [0.25, 0.3) is 0 Å². The van der Waals surface area contributed by atoms with Crippen molar-refractivity contribution in [1.29, 1.82) is 0 Å². The molecule has 6 heavy (non-hydrogen) atoms. The molecular formula is H5LiMnO4. The minimum Gasteiger partial charge on any atom is -0.870 e. The van der Waals surface area contributed by atoms with E-state index in [1.807, 2.05) is 0 Å². The normalized spacial score (nSPS) is 0. The fourth-order valence-corrected chi connectivity index (χ4v) is 0. The second-order valence-electron chi connectivity index (χ2n) is 0. The molecular weight excluding hydrogens is 126 g/mol. The topological polar surface area (TPSA) is 122 Å². The summed E-state index contributed by atoms with van der Waals surface area (Å²) in [7, 11) is 0. The van der Waals surface area contributed by atoms with Crippen LogP contribution in [0.2, 0.25) is 0 Å². The van der Waals surface area contributed by atoms with E-state index in [0.29, 0.717) is 0 Å². The molecule has 0 aromatic rings. The molecule has 0 bridgehead atoms. The predicted molar refractivity (Wildman–Crippen MR) is 9.42 cm³/mol. The van der Waals surface area contributed by atoms with Crippen LogP contribution in [-0.4, -0.2) is 21.9 Å². The summed E-state index contributed by atoms with van der Waals surface area (Å²) in [5.74, 6) is 0. The summed E-state index contributed by atoms with van der Waals surface area (Å²) < 4.78 is 0. The third-order valence-electron chi connectivity index (χ3n) is 0. The van der Waals surface area contributed by atoms with E-state index in [-0.39, 0.29) is 57.8 Å². The Hall–Kier alpha value is 0.957. The Balaban J connectivity index is 0. The molecule has 0 aliphatic rings. The van der Waals surface area contributed by atoms with E-state index >= 15 is 0 Å². The zero-order chi connectivity index (χ0) is 0. The van der Waals surface area contributed by atoms with Crippen LogP contribution in [0.4, 0.5) is 0 Å². The maximum Gasteiger partial charge on any atom is 2.00 e. The van der Waals surface area contributed by atoms with Crippen LogP contribution >= 0.6 is 0 Å². The fraction of sp³-hybridized carbons (Fsp3) is 0. The zero-order valence-corrected chi connectivity index (χ0v) is 4.40. The number of hydrogen-bond acceptors (Lipinski definition) is 3. The van der Waals surface area contributed by atoms with Crippen LogP contribution in [0, 0.1) is 0 Å². The van der Waals surface area contributed by atoms with E-state index in [0.717, 1.165) is 0 Å². The second-order valence-corrected chi connectivity index (χ2v) is 0. The molecule has 4 nitrogen and oxygen atoms in total. The first kappa shape index (κ1) is 270. The van der Waals surface area contributed by atoms with Crippen molar-refractivity contribution < 1.29 is 57.8 Å². The predicted octanol–water partition coefficient (Wildman–Crippen LogP) is -4.35.